The van der Waals surface area contributed by atoms with E-state index in [-0.39, 0.29) is 5.78 Å². The van der Waals surface area contributed by atoms with Crippen LogP contribution >= 0.6 is 0 Å². The molecule has 1 aliphatic carbocycles. The molecule has 0 saturated heterocycles. The molecule has 1 saturated carbocycles. The molecule has 2 heterocycles. The van der Waals surface area contributed by atoms with Crippen molar-refractivity contribution in [3.8, 4) is 0 Å². The van der Waals surface area contributed by atoms with Crippen LogP contribution in [0.4, 0.5) is 0 Å². The average Bonchev–Trinajstić information content (AvgIpc) is 2.08. The Hall–Kier alpha value is -0.730. The molecule has 0 radical (unpaired) electrons. The fraction of sp³-hybridized carbons (Fsp3) is 0.875. The summed E-state index contributed by atoms with van der Waals surface area (Å²) >= 11 is 0. The Bertz CT molecular complexity index is 214. The Kier molecular flexibility index (Phi) is 1.34. The molecule has 0 aromatic carbocycles. The molecule has 3 aliphatic rings. The highest BCUT2D eigenvalue weighted by Crippen LogP contribution is 2.39. The summed E-state index contributed by atoms with van der Waals surface area (Å²) in [5.41, 5.74) is -0.394. The average molecular weight is 152 g/mol. The summed E-state index contributed by atoms with van der Waals surface area (Å²) in [5, 5.41) is 8.20. The smallest absolute Gasteiger partial charge is 0.159 e. The number of rotatable bonds is 1. The Morgan fingerprint density at radius 2 is 2.09 bits per heavy atom. The van der Waals surface area contributed by atoms with E-state index in [4.69, 9.17) is 0 Å². The van der Waals surface area contributed by atoms with E-state index in [0.717, 1.165) is 25.7 Å². The lowest BCUT2D eigenvalue weighted by molar-refractivity contribution is -0.124. The number of Topliss-reactive ketones (excluding diaryl/α,β-unsaturated/α-hetero) is 1. The Labute approximate surface area is 65.9 Å². The third kappa shape index (κ3) is 0.905. The first-order valence-corrected chi connectivity index (χ1v) is 4.16. The van der Waals surface area contributed by atoms with E-state index in [1.165, 1.54) is 0 Å². The van der Waals surface area contributed by atoms with Gasteiger partial charge in [-0.1, -0.05) is 0 Å². The summed E-state index contributed by atoms with van der Waals surface area (Å²) in [5.74, 6) is 0.194. The molecule has 1 fully saturated rings. The largest absolute Gasteiger partial charge is 0.297 e. The number of ketones is 1. The Morgan fingerprint density at radius 1 is 1.45 bits per heavy atom. The van der Waals surface area contributed by atoms with Crippen LogP contribution in [0, 0.1) is 0 Å². The number of carbonyl (C=O) groups excluding carboxylic acids is 1. The van der Waals surface area contributed by atoms with Gasteiger partial charge in [0.1, 0.15) is 5.54 Å². The van der Waals surface area contributed by atoms with E-state index in [1.54, 1.807) is 6.92 Å². The number of carbonyl (C=O) groups is 1. The molecule has 0 amide bonds. The summed E-state index contributed by atoms with van der Waals surface area (Å²) in [6, 6.07) is 0.427. The predicted octanol–water partition coefficient (Wildman–Crippen LogP) is 1.72. The van der Waals surface area contributed by atoms with Gasteiger partial charge in [-0.2, -0.15) is 10.2 Å². The van der Waals surface area contributed by atoms with Gasteiger partial charge in [-0.3, -0.25) is 4.79 Å². The first-order chi connectivity index (χ1) is 5.23. The van der Waals surface area contributed by atoms with Crippen LogP contribution in [-0.4, -0.2) is 17.4 Å². The predicted molar refractivity (Wildman–Crippen MR) is 40.5 cm³/mol. The van der Waals surface area contributed by atoms with E-state index in [1.807, 2.05) is 0 Å². The SMILES string of the molecule is CC(=O)C12CCC(CC1)N=N2. The normalized spacial score (nSPS) is 41.0. The zero-order valence-corrected chi connectivity index (χ0v) is 6.71. The summed E-state index contributed by atoms with van der Waals surface area (Å²) < 4.78 is 0. The molecule has 3 rings (SSSR count). The zero-order chi connectivity index (χ0) is 7.90. The third-order valence-corrected chi connectivity index (χ3v) is 2.85. The topological polar surface area (TPSA) is 41.8 Å². The lowest BCUT2D eigenvalue weighted by atomic mass is 9.76. The van der Waals surface area contributed by atoms with Gasteiger partial charge < -0.3 is 0 Å². The quantitative estimate of drug-likeness (QED) is 0.564. The highest BCUT2D eigenvalue weighted by molar-refractivity contribution is 5.86. The van der Waals surface area contributed by atoms with E-state index < -0.39 is 5.54 Å². The molecule has 11 heavy (non-hydrogen) atoms. The van der Waals surface area contributed by atoms with Crippen molar-refractivity contribution in [1.82, 2.24) is 0 Å². The molecular formula is C8H12N2O. The first-order valence-electron chi connectivity index (χ1n) is 4.16. The van der Waals surface area contributed by atoms with Gasteiger partial charge in [-0.05, 0) is 32.6 Å². The first kappa shape index (κ1) is 6.95. The second-order valence-corrected chi connectivity index (χ2v) is 3.53. The molecule has 2 aliphatic heterocycles. The molecule has 0 aromatic heterocycles. The maximum absolute atomic E-state index is 11.2. The van der Waals surface area contributed by atoms with Crippen molar-refractivity contribution in [3.05, 3.63) is 0 Å². The van der Waals surface area contributed by atoms with Crippen molar-refractivity contribution in [2.24, 2.45) is 10.2 Å². The van der Waals surface area contributed by atoms with Crippen LogP contribution < -0.4 is 0 Å². The second-order valence-electron chi connectivity index (χ2n) is 3.53. The van der Waals surface area contributed by atoms with Crippen molar-refractivity contribution in [3.63, 3.8) is 0 Å². The van der Waals surface area contributed by atoms with Crippen molar-refractivity contribution in [2.45, 2.75) is 44.2 Å². The van der Waals surface area contributed by atoms with Gasteiger partial charge in [0.25, 0.3) is 0 Å². The fourth-order valence-corrected chi connectivity index (χ4v) is 1.91. The zero-order valence-electron chi connectivity index (χ0n) is 6.71. The summed E-state index contributed by atoms with van der Waals surface area (Å²) in [6.07, 6.45) is 3.97. The van der Waals surface area contributed by atoms with E-state index in [9.17, 15) is 4.79 Å². The maximum Gasteiger partial charge on any atom is 0.159 e. The van der Waals surface area contributed by atoms with Crippen LogP contribution in [-0.2, 0) is 4.79 Å². The molecule has 0 spiro atoms. The van der Waals surface area contributed by atoms with Crippen molar-refractivity contribution in [1.29, 1.82) is 0 Å². The minimum Gasteiger partial charge on any atom is -0.297 e. The number of hydrogen-bond acceptors (Lipinski definition) is 3. The number of fused-ring (bicyclic) bond motifs is 2. The standard InChI is InChI=1S/C8H12N2O/c1-6(11)8-4-2-7(3-5-8)9-10-8/h7H,2-5H2,1H3. The van der Waals surface area contributed by atoms with Gasteiger partial charge in [-0.25, -0.2) is 0 Å². The van der Waals surface area contributed by atoms with Crippen molar-refractivity contribution < 1.29 is 4.79 Å². The van der Waals surface area contributed by atoms with Gasteiger partial charge in [0.15, 0.2) is 5.78 Å². The van der Waals surface area contributed by atoms with Crippen molar-refractivity contribution in [2.75, 3.05) is 0 Å². The molecule has 2 bridgehead atoms. The highest BCUT2D eigenvalue weighted by atomic mass is 16.1. The molecule has 60 valence electrons. The number of hydrogen-bond donors (Lipinski definition) is 0. The van der Waals surface area contributed by atoms with Gasteiger partial charge >= 0.3 is 0 Å². The number of nitrogens with zero attached hydrogens (tertiary/aromatic N) is 2. The molecule has 3 heteroatoms. The van der Waals surface area contributed by atoms with Crippen LogP contribution in [0.3, 0.4) is 0 Å². The van der Waals surface area contributed by atoms with E-state index in [2.05, 4.69) is 10.2 Å². The molecule has 0 N–H and O–H groups in total. The van der Waals surface area contributed by atoms with Crippen LogP contribution in [0.25, 0.3) is 0 Å². The lowest BCUT2D eigenvalue weighted by Gasteiger charge is -2.37. The van der Waals surface area contributed by atoms with Gasteiger partial charge in [0.2, 0.25) is 0 Å². The van der Waals surface area contributed by atoms with Gasteiger partial charge in [0, 0.05) is 0 Å². The minimum absolute atomic E-state index is 0.194. The van der Waals surface area contributed by atoms with Crippen molar-refractivity contribution >= 4 is 5.78 Å². The molecule has 0 aromatic rings. The number of azo groups is 1. The fourth-order valence-electron chi connectivity index (χ4n) is 1.91. The molecule has 3 nitrogen and oxygen atoms in total. The van der Waals surface area contributed by atoms with Gasteiger partial charge in [-0.15, -0.1) is 0 Å². The summed E-state index contributed by atoms with van der Waals surface area (Å²) in [4.78, 5) is 11.2. The lowest BCUT2D eigenvalue weighted by Crippen LogP contribution is -2.43. The second kappa shape index (κ2) is 2.13. The van der Waals surface area contributed by atoms with E-state index >= 15 is 0 Å². The molecule has 0 unspecified atom stereocenters. The monoisotopic (exact) mass is 152 g/mol. The van der Waals surface area contributed by atoms with Crippen LogP contribution in [0.1, 0.15) is 32.6 Å². The molecule has 0 atom stereocenters. The van der Waals surface area contributed by atoms with Crippen LogP contribution in [0.15, 0.2) is 10.2 Å². The Balaban J connectivity index is 2.31. The van der Waals surface area contributed by atoms with Crippen LogP contribution in [0.2, 0.25) is 0 Å². The highest BCUT2D eigenvalue weighted by Gasteiger charge is 2.43. The minimum atomic E-state index is -0.394. The summed E-state index contributed by atoms with van der Waals surface area (Å²) in [6.45, 7) is 1.63. The third-order valence-electron chi connectivity index (χ3n) is 2.85. The van der Waals surface area contributed by atoms with Gasteiger partial charge in [0.05, 0.1) is 6.04 Å². The Morgan fingerprint density at radius 3 is 2.36 bits per heavy atom. The maximum atomic E-state index is 11.2. The molecular weight excluding hydrogens is 140 g/mol. The van der Waals surface area contributed by atoms with Crippen LogP contribution in [0.5, 0.6) is 0 Å². The van der Waals surface area contributed by atoms with E-state index in [0.29, 0.717) is 6.04 Å². The summed E-state index contributed by atoms with van der Waals surface area (Å²) in [7, 11) is 0.